The highest BCUT2D eigenvalue weighted by Crippen LogP contribution is 2.40. The van der Waals surface area contributed by atoms with Gasteiger partial charge in [0, 0.05) is 18.0 Å². The number of aromatic nitrogens is 1. The molecule has 2 aromatic heterocycles. The Labute approximate surface area is 192 Å². The summed E-state index contributed by atoms with van der Waals surface area (Å²) in [6, 6.07) is 13.2. The molecule has 7 heteroatoms. The van der Waals surface area contributed by atoms with E-state index in [9.17, 15) is 14.7 Å². The number of aliphatic hydroxyl groups is 1. The maximum Gasteiger partial charge on any atom is 0.296 e. The molecule has 1 aliphatic rings. The van der Waals surface area contributed by atoms with Gasteiger partial charge >= 0.3 is 0 Å². The highest BCUT2D eigenvalue weighted by molar-refractivity contribution is 6.46. The second-order valence-corrected chi connectivity index (χ2v) is 7.87. The lowest BCUT2D eigenvalue weighted by molar-refractivity contribution is -0.140. The molecule has 0 saturated carbocycles. The van der Waals surface area contributed by atoms with Crippen LogP contribution in [0, 0.1) is 0 Å². The second-order valence-electron chi connectivity index (χ2n) is 7.87. The van der Waals surface area contributed by atoms with E-state index in [1.807, 2.05) is 24.3 Å². The van der Waals surface area contributed by atoms with Gasteiger partial charge < -0.3 is 19.2 Å². The molecule has 33 heavy (non-hydrogen) atoms. The largest absolute Gasteiger partial charge is 0.507 e. The third-order valence-corrected chi connectivity index (χ3v) is 5.61. The number of carbonyl (C=O) groups is 2. The predicted octanol–water partition coefficient (Wildman–Crippen LogP) is 4.87. The Hall–Kier alpha value is -3.87. The molecule has 170 valence electrons. The summed E-state index contributed by atoms with van der Waals surface area (Å²) >= 11 is 0. The molecule has 0 spiro atoms. The van der Waals surface area contributed by atoms with Gasteiger partial charge in [0.25, 0.3) is 11.7 Å². The number of hydrogen-bond donors (Lipinski definition) is 1. The van der Waals surface area contributed by atoms with Crippen molar-refractivity contribution in [2.45, 2.75) is 38.8 Å². The summed E-state index contributed by atoms with van der Waals surface area (Å²) in [7, 11) is 0. The molecule has 1 atom stereocenters. The highest BCUT2D eigenvalue weighted by Gasteiger charge is 2.46. The normalized spacial score (nSPS) is 17.5. The molecule has 1 saturated heterocycles. The van der Waals surface area contributed by atoms with Crippen LogP contribution in [0.5, 0.6) is 5.75 Å². The van der Waals surface area contributed by atoms with Crippen molar-refractivity contribution in [1.29, 1.82) is 0 Å². The number of ether oxygens (including phenoxy) is 1. The number of Topliss-reactive ketones (excluding diaryl/α,β-unsaturated/α-hetero) is 1. The Morgan fingerprint density at radius 3 is 2.52 bits per heavy atom. The number of furan rings is 1. The number of ketones is 1. The molecule has 1 N–H and O–H groups in total. The fourth-order valence-corrected chi connectivity index (χ4v) is 3.91. The molecule has 0 aliphatic carbocycles. The number of amides is 1. The van der Waals surface area contributed by atoms with Crippen molar-refractivity contribution < 1.29 is 23.8 Å². The summed E-state index contributed by atoms with van der Waals surface area (Å²) in [5.74, 6) is -0.399. The molecule has 7 nitrogen and oxygen atoms in total. The Morgan fingerprint density at radius 2 is 1.85 bits per heavy atom. The van der Waals surface area contributed by atoms with Crippen molar-refractivity contribution in [3.05, 3.63) is 89.6 Å². The lowest BCUT2D eigenvalue weighted by atomic mass is 9.95. The Balaban J connectivity index is 1.70. The van der Waals surface area contributed by atoms with E-state index in [4.69, 9.17) is 9.15 Å². The van der Waals surface area contributed by atoms with Crippen LogP contribution < -0.4 is 4.74 Å². The van der Waals surface area contributed by atoms with Gasteiger partial charge in [-0.2, -0.15) is 0 Å². The van der Waals surface area contributed by atoms with E-state index in [0.717, 1.165) is 19.3 Å². The van der Waals surface area contributed by atoms with Crippen LogP contribution in [0.2, 0.25) is 0 Å². The van der Waals surface area contributed by atoms with Crippen LogP contribution in [-0.2, 0) is 16.1 Å². The average molecular weight is 447 g/mol. The molecule has 4 rings (SSSR count). The van der Waals surface area contributed by atoms with Crippen LogP contribution in [0.3, 0.4) is 0 Å². The van der Waals surface area contributed by atoms with Crippen molar-refractivity contribution >= 4 is 17.4 Å². The minimum absolute atomic E-state index is 0.0365. The third-order valence-electron chi connectivity index (χ3n) is 5.61. The first kappa shape index (κ1) is 22.3. The Bertz CT molecular complexity index is 1120. The summed E-state index contributed by atoms with van der Waals surface area (Å²) in [4.78, 5) is 31.4. The number of unbranched alkanes of at least 4 members (excludes halogenated alkanes) is 2. The number of aliphatic hydroxyl groups excluding tert-OH is 1. The van der Waals surface area contributed by atoms with Crippen LogP contribution >= 0.6 is 0 Å². The van der Waals surface area contributed by atoms with E-state index < -0.39 is 17.7 Å². The highest BCUT2D eigenvalue weighted by atomic mass is 16.5. The van der Waals surface area contributed by atoms with Crippen molar-refractivity contribution in [3.63, 3.8) is 0 Å². The van der Waals surface area contributed by atoms with Crippen molar-refractivity contribution in [1.82, 2.24) is 9.88 Å². The van der Waals surface area contributed by atoms with E-state index in [1.165, 1.54) is 23.6 Å². The zero-order valence-electron chi connectivity index (χ0n) is 18.4. The SMILES string of the molecule is CCCCCOc1ccc(C2C(=C(O)c3ccncc3)C(=O)C(=O)N2Cc2ccco2)cc1. The molecule has 1 amide bonds. The van der Waals surface area contributed by atoms with Gasteiger partial charge in [-0.3, -0.25) is 14.6 Å². The molecule has 0 bridgehead atoms. The number of hydrogen-bond acceptors (Lipinski definition) is 6. The maximum atomic E-state index is 13.0. The number of rotatable bonds is 9. The predicted molar refractivity (Wildman–Crippen MR) is 122 cm³/mol. The number of likely N-dealkylation sites (tertiary alicyclic amines) is 1. The van der Waals surface area contributed by atoms with E-state index in [2.05, 4.69) is 11.9 Å². The van der Waals surface area contributed by atoms with Gasteiger partial charge in [0.1, 0.15) is 17.3 Å². The molecule has 1 fully saturated rings. The number of benzene rings is 1. The number of carbonyl (C=O) groups excluding carboxylic acids is 2. The first-order chi connectivity index (χ1) is 16.1. The fraction of sp³-hybridized carbons (Fsp3) is 0.269. The lowest BCUT2D eigenvalue weighted by Crippen LogP contribution is -2.29. The minimum Gasteiger partial charge on any atom is -0.507 e. The maximum absolute atomic E-state index is 13.0. The average Bonchev–Trinajstić information content (AvgIpc) is 3.45. The summed E-state index contributed by atoms with van der Waals surface area (Å²) in [6.07, 6.45) is 7.76. The molecular weight excluding hydrogens is 420 g/mol. The standard InChI is InChI=1S/C26H26N2O5/c1-2-3-4-15-32-20-9-7-18(8-10-20)23-22(24(29)19-11-13-27-14-12-19)25(30)26(31)28(23)17-21-6-5-16-33-21/h5-14,16,23,29H,2-4,15,17H2,1H3. The minimum atomic E-state index is -0.766. The van der Waals surface area contributed by atoms with Gasteiger partial charge in [-0.1, -0.05) is 31.9 Å². The van der Waals surface area contributed by atoms with Gasteiger partial charge in [0.05, 0.1) is 31.0 Å². The smallest absolute Gasteiger partial charge is 0.296 e. The number of pyridine rings is 1. The zero-order valence-corrected chi connectivity index (χ0v) is 18.4. The number of nitrogens with zero attached hydrogens (tertiary/aromatic N) is 2. The quantitative estimate of drug-likeness (QED) is 0.218. The Kier molecular flexibility index (Phi) is 6.88. The van der Waals surface area contributed by atoms with Gasteiger partial charge in [0.15, 0.2) is 0 Å². The lowest BCUT2D eigenvalue weighted by Gasteiger charge is -2.24. The summed E-state index contributed by atoms with van der Waals surface area (Å²) in [5, 5.41) is 11.0. The molecule has 1 aliphatic heterocycles. The molecule has 3 aromatic rings. The molecular formula is C26H26N2O5. The van der Waals surface area contributed by atoms with Crippen LogP contribution in [-0.4, -0.2) is 33.3 Å². The van der Waals surface area contributed by atoms with Crippen LogP contribution in [0.1, 0.15) is 49.1 Å². The van der Waals surface area contributed by atoms with Crippen LogP contribution in [0.4, 0.5) is 0 Å². The summed E-state index contributed by atoms with van der Waals surface area (Å²) in [5.41, 5.74) is 1.15. The van der Waals surface area contributed by atoms with Gasteiger partial charge in [0.2, 0.25) is 0 Å². The molecule has 1 aromatic carbocycles. The van der Waals surface area contributed by atoms with E-state index >= 15 is 0 Å². The molecule has 1 unspecified atom stereocenters. The fourth-order valence-electron chi connectivity index (χ4n) is 3.91. The second kappa shape index (κ2) is 10.2. The van der Waals surface area contributed by atoms with E-state index in [0.29, 0.717) is 29.2 Å². The van der Waals surface area contributed by atoms with Crippen molar-refractivity contribution in [2.75, 3.05) is 6.61 Å². The summed E-state index contributed by atoms with van der Waals surface area (Å²) < 4.78 is 11.2. The van der Waals surface area contributed by atoms with E-state index in [1.54, 1.807) is 24.3 Å². The molecule has 0 radical (unpaired) electrons. The van der Waals surface area contributed by atoms with E-state index in [-0.39, 0.29) is 17.9 Å². The zero-order chi connectivity index (χ0) is 23.2. The topological polar surface area (TPSA) is 92.9 Å². The van der Waals surface area contributed by atoms with Crippen LogP contribution in [0.15, 0.2) is 77.2 Å². The van der Waals surface area contributed by atoms with Gasteiger partial charge in [-0.15, -0.1) is 0 Å². The summed E-state index contributed by atoms with van der Waals surface area (Å²) in [6.45, 7) is 2.87. The van der Waals surface area contributed by atoms with Crippen LogP contribution in [0.25, 0.3) is 5.76 Å². The Morgan fingerprint density at radius 1 is 1.09 bits per heavy atom. The monoisotopic (exact) mass is 446 g/mol. The molecule has 3 heterocycles. The first-order valence-corrected chi connectivity index (χ1v) is 11.0. The third kappa shape index (κ3) is 4.82. The first-order valence-electron chi connectivity index (χ1n) is 11.0. The van der Waals surface area contributed by atoms with Crippen molar-refractivity contribution in [3.8, 4) is 5.75 Å². The van der Waals surface area contributed by atoms with Gasteiger partial charge in [-0.05, 0) is 48.4 Å². The van der Waals surface area contributed by atoms with Gasteiger partial charge in [-0.25, -0.2) is 0 Å². The van der Waals surface area contributed by atoms with Crippen molar-refractivity contribution in [2.24, 2.45) is 0 Å².